The van der Waals surface area contributed by atoms with Crippen LogP contribution < -0.4 is 0 Å². The van der Waals surface area contributed by atoms with Crippen LogP contribution in [0.25, 0.3) is 0 Å². The molecule has 1 rings (SSSR count). The first-order valence-electron chi connectivity index (χ1n) is 3.92. The quantitative estimate of drug-likeness (QED) is 0.578. The Morgan fingerprint density at radius 2 is 1.81 bits per heavy atom. The van der Waals surface area contributed by atoms with Gasteiger partial charge in [0, 0.05) is 11.1 Å². The Morgan fingerprint density at radius 3 is 2.19 bits per heavy atom. The van der Waals surface area contributed by atoms with Crippen LogP contribution in [0.5, 0.6) is 0 Å². The van der Waals surface area contributed by atoms with E-state index in [0.29, 0.717) is 18.2 Å². The Kier molecular flexibility index (Phi) is 3.52. The number of hydrogen-bond acceptors (Lipinski definition) is 1. The number of hydrogen-bond donors (Lipinski definition) is 0. The van der Waals surface area contributed by atoms with Gasteiger partial charge in [-0.25, -0.2) is 8.78 Å². The van der Waals surface area contributed by atoms with Crippen LogP contribution in [-0.4, -0.2) is 5.24 Å². The molecule has 0 bridgehead atoms. The summed E-state index contributed by atoms with van der Waals surface area (Å²) in [5, 5.41) is -1.35. The van der Waals surface area contributed by atoms with E-state index in [1.807, 2.05) is 0 Å². The van der Waals surface area contributed by atoms with E-state index >= 15 is 0 Å². The van der Waals surface area contributed by atoms with E-state index in [-0.39, 0.29) is 0 Å². The Morgan fingerprint density at radius 1 is 1.25 bits per heavy atom. The lowest BCUT2D eigenvalue weighted by Gasteiger charge is -2.10. The van der Waals surface area contributed by atoms with Crippen LogP contribution in [0, 0.1) is 0 Å². The van der Waals surface area contributed by atoms with Crippen LogP contribution in [0.3, 0.4) is 0 Å². The molecule has 1 aromatic carbocycles. The second kappa shape index (κ2) is 4.37. The van der Waals surface area contributed by atoms with Crippen LogP contribution in [0.2, 0.25) is 0 Å². The predicted octanol–water partition coefficient (Wildman–Crippen LogP) is 4.02. The van der Waals surface area contributed by atoms with E-state index in [2.05, 4.69) is 0 Å². The first-order valence-corrected chi connectivity index (χ1v) is 4.30. The first kappa shape index (κ1) is 12.9. The van der Waals surface area contributed by atoms with Crippen LogP contribution in [0.1, 0.15) is 27.9 Å². The summed E-state index contributed by atoms with van der Waals surface area (Å²) in [5.74, 6) is 0. The SMILES string of the molecule is O=C(Cl)c1cc(C(F)(F)F)ccc1C(F)F. The van der Waals surface area contributed by atoms with Gasteiger partial charge < -0.3 is 0 Å². The summed E-state index contributed by atoms with van der Waals surface area (Å²) < 4.78 is 61.3. The molecule has 0 unspecified atom stereocenters. The highest BCUT2D eigenvalue weighted by Gasteiger charge is 2.32. The second-order valence-corrected chi connectivity index (χ2v) is 3.22. The van der Waals surface area contributed by atoms with Gasteiger partial charge in [0.15, 0.2) is 0 Å². The maximum atomic E-state index is 12.3. The number of carbonyl (C=O) groups is 1. The summed E-state index contributed by atoms with van der Waals surface area (Å²) in [7, 11) is 0. The van der Waals surface area contributed by atoms with Crippen molar-refractivity contribution in [1.82, 2.24) is 0 Å². The van der Waals surface area contributed by atoms with Gasteiger partial charge in [0.25, 0.3) is 11.7 Å². The Balaban J connectivity index is 3.34. The van der Waals surface area contributed by atoms with Crippen LogP contribution in [0.4, 0.5) is 22.0 Å². The molecular weight excluding hydrogens is 255 g/mol. The van der Waals surface area contributed by atoms with E-state index in [9.17, 15) is 26.7 Å². The Bertz CT molecular complexity index is 413. The van der Waals surface area contributed by atoms with Gasteiger partial charge in [-0.15, -0.1) is 0 Å². The molecule has 88 valence electrons. The van der Waals surface area contributed by atoms with Gasteiger partial charge in [-0.3, -0.25) is 4.79 Å². The van der Waals surface area contributed by atoms with Gasteiger partial charge >= 0.3 is 6.18 Å². The maximum absolute atomic E-state index is 12.3. The number of halogens is 6. The van der Waals surface area contributed by atoms with Gasteiger partial charge in [0.05, 0.1) is 5.56 Å². The summed E-state index contributed by atoms with van der Waals surface area (Å²) in [6.45, 7) is 0. The minimum absolute atomic E-state index is 0.316. The topological polar surface area (TPSA) is 17.1 Å². The van der Waals surface area contributed by atoms with E-state index in [1.54, 1.807) is 0 Å². The van der Waals surface area contributed by atoms with E-state index < -0.39 is 34.5 Å². The summed E-state index contributed by atoms with van der Waals surface area (Å²) in [4.78, 5) is 10.7. The third-order valence-electron chi connectivity index (χ3n) is 1.83. The molecule has 0 saturated carbocycles. The van der Waals surface area contributed by atoms with Gasteiger partial charge in [-0.05, 0) is 23.7 Å². The zero-order valence-electron chi connectivity index (χ0n) is 7.49. The molecule has 0 radical (unpaired) electrons. The van der Waals surface area contributed by atoms with Crippen molar-refractivity contribution in [3.05, 3.63) is 34.9 Å². The zero-order valence-corrected chi connectivity index (χ0v) is 8.24. The Hall–Kier alpha value is -1.17. The van der Waals surface area contributed by atoms with Crippen molar-refractivity contribution in [2.75, 3.05) is 0 Å². The molecule has 0 fully saturated rings. The molecule has 0 aliphatic carbocycles. The lowest BCUT2D eigenvalue weighted by atomic mass is 10.0. The monoisotopic (exact) mass is 258 g/mol. The van der Waals surface area contributed by atoms with Crippen molar-refractivity contribution >= 4 is 16.8 Å². The highest BCUT2D eigenvalue weighted by atomic mass is 35.5. The second-order valence-electron chi connectivity index (χ2n) is 2.87. The number of benzene rings is 1. The van der Waals surface area contributed by atoms with Crippen molar-refractivity contribution in [3.63, 3.8) is 0 Å². The third kappa shape index (κ3) is 2.69. The van der Waals surface area contributed by atoms with Crippen molar-refractivity contribution in [2.24, 2.45) is 0 Å². The van der Waals surface area contributed by atoms with Crippen molar-refractivity contribution in [1.29, 1.82) is 0 Å². The van der Waals surface area contributed by atoms with Gasteiger partial charge in [0.2, 0.25) is 0 Å². The number of carbonyl (C=O) groups excluding carboxylic acids is 1. The molecule has 0 atom stereocenters. The molecule has 0 aromatic heterocycles. The Labute approximate surface area is 91.8 Å². The standard InChI is InChI=1S/C9H4ClF5O/c10-7(16)6-3-4(9(13,14)15)1-2-5(6)8(11)12/h1-3,8H. The van der Waals surface area contributed by atoms with Gasteiger partial charge in [-0.1, -0.05) is 6.07 Å². The minimum Gasteiger partial charge on any atom is -0.276 e. The maximum Gasteiger partial charge on any atom is 0.416 e. The molecule has 0 aliphatic heterocycles. The first-order chi connectivity index (χ1) is 7.23. The average Bonchev–Trinajstić information content (AvgIpc) is 2.15. The highest BCUT2D eigenvalue weighted by molar-refractivity contribution is 6.67. The molecule has 7 heteroatoms. The summed E-state index contributed by atoms with van der Waals surface area (Å²) in [5.41, 5.74) is -2.83. The molecule has 0 saturated heterocycles. The normalized spacial score (nSPS) is 11.9. The van der Waals surface area contributed by atoms with Crippen LogP contribution >= 0.6 is 11.6 Å². The largest absolute Gasteiger partial charge is 0.416 e. The highest BCUT2D eigenvalue weighted by Crippen LogP contribution is 2.33. The molecule has 0 amide bonds. The van der Waals surface area contributed by atoms with E-state index in [0.717, 1.165) is 0 Å². The molecule has 1 nitrogen and oxygen atoms in total. The smallest absolute Gasteiger partial charge is 0.276 e. The molecule has 0 aliphatic rings. The predicted molar refractivity (Wildman–Crippen MR) is 46.6 cm³/mol. The summed E-state index contributed by atoms with van der Waals surface area (Å²) >= 11 is 4.93. The summed E-state index contributed by atoms with van der Waals surface area (Å²) in [6, 6.07) is 1.34. The van der Waals surface area contributed by atoms with E-state index in [4.69, 9.17) is 11.6 Å². The number of alkyl halides is 5. The molecule has 1 aromatic rings. The van der Waals surface area contributed by atoms with Crippen LogP contribution in [0.15, 0.2) is 18.2 Å². The molecular formula is C9H4ClF5O. The third-order valence-corrected chi connectivity index (χ3v) is 2.03. The lowest BCUT2D eigenvalue weighted by molar-refractivity contribution is -0.137. The molecule has 0 heterocycles. The van der Waals surface area contributed by atoms with Gasteiger partial charge in [-0.2, -0.15) is 13.2 Å². The van der Waals surface area contributed by atoms with Crippen molar-refractivity contribution in [3.8, 4) is 0 Å². The fourth-order valence-corrected chi connectivity index (χ4v) is 1.26. The number of rotatable bonds is 2. The lowest BCUT2D eigenvalue weighted by Crippen LogP contribution is -2.08. The minimum atomic E-state index is -4.71. The van der Waals surface area contributed by atoms with Crippen LogP contribution in [-0.2, 0) is 6.18 Å². The zero-order chi connectivity index (χ0) is 12.5. The average molecular weight is 259 g/mol. The van der Waals surface area contributed by atoms with Crippen molar-refractivity contribution in [2.45, 2.75) is 12.6 Å². The molecule has 0 spiro atoms. The fourth-order valence-electron chi connectivity index (χ4n) is 1.09. The molecule has 0 N–H and O–H groups in total. The fraction of sp³-hybridized carbons (Fsp3) is 0.222. The van der Waals surface area contributed by atoms with E-state index in [1.165, 1.54) is 0 Å². The van der Waals surface area contributed by atoms with Crippen molar-refractivity contribution < 1.29 is 26.7 Å². The molecule has 16 heavy (non-hydrogen) atoms. The summed E-state index contributed by atoms with van der Waals surface area (Å²) in [6.07, 6.45) is -7.76. The van der Waals surface area contributed by atoms with Gasteiger partial charge in [0.1, 0.15) is 0 Å².